The summed E-state index contributed by atoms with van der Waals surface area (Å²) in [6.45, 7) is 0. The predicted molar refractivity (Wildman–Crippen MR) is 174 cm³/mol. The highest BCUT2D eigenvalue weighted by Gasteiger charge is 2.22. The molecule has 3 heterocycles. The maximum atomic E-state index is 5.03. The van der Waals surface area contributed by atoms with Crippen molar-refractivity contribution in [1.82, 2.24) is 19.1 Å². The number of hydrogen-bond donors (Lipinski definition) is 0. The largest absolute Gasteiger partial charge is 0.307 e. The van der Waals surface area contributed by atoms with E-state index < -0.39 is 0 Å². The summed E-state index contributed by atoms with van der Waals surface area (Å²) in [5.74, 6) is 0.794. The van der Waals surface area contributed by atoms with Crippen LogP contribution in [0.25, 0.3) is 77.1 Å². The average molecular weight is 537 g/mol. The summed E-state index contributed by atoms with van der Waals surface area (Å²) < 4.78 is 4.70. The van der Waals surface area contributed by atoms with E-state index in [4.69, 9.17) is 9.97 Å². The van der Waals surface area contributed by atoms with Crippen LogP contribution in [0.3, 0.4) is 0 Å². The first-order chi connectivity index (χ1) is 20.9. The van der Waals surface area contributed by atoms with Crippen molar-refractivity contribution in [2.75, 3.05) is 0 Å². The van der Waals surface area contributed by atoms with E-state index in [1.165, 1.54) is 37.8 Å². The Morgan fingerprint density at radius 3 is 1.93 bits per heavy atom. The van der Waals surface area contributed by atoms with E-state index in [1.807, 2.05) is 30.6 Å². The Balaban J connectivity index is 1.48. The van der Waals surface area contributed by atoms with Gasteiger partial charge in [-0.3, -0.25) is 9.55 Å². The molecule has 0 atom stereocenters. The molecule has 196 valence electrons. The Hall–Kier alpha value is -5.74. The molecule has 42 heavy (non-hydrogen) atoms. The lowest BCUT2D eigenvalue weighted by molar-refractivity contribution is 1.04. The number of aromatic nitrogens is 4. The highest BCUT2D eigenvalue weighted by molar-refractivity contribution is 6.28. The molecule has 0 N–H and O–H groups in total. The third kappa shape index (κ3) is 3.23. The van der Waals surface area contributed by atoms with Gasteiger partial charge in [-0.25, -0.2) is 4.98 Å². The summed E-state index contributed by atoms with van der Waals surface area (Å²) in [6, 6.07) is 47.2. The van der Waals surface area contributed by atoms with Crippen LogP contribution in [0.15, 0.2) is 146 Å². The van der Waals surface area contributed by atoms with E-state index in [2.05, 4.69) is 124 Å². The summed E-state index contributed by atoms with van der Waals surface area (Å²) >= 11 is 0. The van der Waals surface area contributed by atoms with Crippen LogP contribution in [0, 0.1) is 0 Å². The Kier molecular flexibility index (Phi) is 4.87. The molecule has 9 aromatic rings. The van der Waals surface area contributed by atoms with Crippen LogP contribution in [0.1, 0.15) is 0 Å². The molecule has 3 aromatic heterocycles. The number of nitrogens with zero attached hydrogens (tertiary/aromatic N) is 4. The molecule has 0 radical (unpaired) electrons. The van der Waals surface area contributed by atoms with E-state index >= 15 is 0 Å². The van der Waals surface area contributed by atoms with Crippen molar-refractivity contribution >= 4 is 54.4 Å². The third-order valence-electron chi connectivity index (χ3n) is 8.40. The van der Waals surface area contributed by atoms with Gasteiger partial charge >= 0.3 is 0 Å². The first-order valence-electron chi connectivity index (χ1n) is 14.2. The highest BCUT2D eigenvalue weighted by Crippen LogP contribution is 2.43. The average Bonchev–Trinajstić information content (AvgIpc) is 3.59. The van der Waals surface area contributed by atoms with Gasteiger partial charge in [-0.2, -0.15) is 0 Å². The minimum absolute atomic E-state index is 0.794. The number of benzene rings is 6. The zero-order valence-corrected chi connectivity index (χ0v) is 22.6. The third-order valence-corrected chi connectivity index (χ3v) is 8.40. The molecule has 0 aliphatic carbocycles. The van der Waals surface area contributed by atoms with Crippen molar-refractivity contribution in [2.45, 2.75) is 0 Å². The number of fused-ring (bicyclic) bond motifs is 9. The summed E-state index contributed by atoms with van der Waals surface area (Å²) in [6.07, 6.45) is 3.79. The molecule has 6 aromatic carbocycles. The second-order valence-electron chi connectivity index (χ2n) is 10.7. The van der Waals surface area contributed by atoms with Gasteiger partial charge in [0.2, 0.25) is 0 Å². The minimum atomic E-state index is 0.794. The molecule has 4 nitrogen and oxygen atoms in total. The van der Waals surface area contributed by atoms with Gasteiger partial charge in [-0.15, -0.1) is 0 Å². The monoisotopic (exact) mass is 536 g/mol. The molecule has 4 heteroatoms. The number of hydrogen-bond acceptors (Lipinski definition) is 2. The van der Waals surface area contributed by atoms with Crippen molar-refractivity contribution in [1.29, 1.82) is 0 Å². The molecule has 9 rings (SSSR count). The van der Waals surface area contributed by atoms with Crippen LogP contribution in [0.4, 0.5) is 0 Å². The second kappa shape index (κ2) is 8.88. The van der Waals surface area contributed by atoms with Crippen molar-refractivity contribution in [3.05, 3.63) is 146 Å². The molecule has 0 saturated carbocycles. The summed E-state index contributed by atoms with van der Waals surface area (Å²) in [5.41, 5.74) is 7.62. The van der Waals surface area contributed by atoms with Crippen LogP contribution in [-0.2, 0) is 0 Å². The van der Waals surface area contributed by atoms with E-state index in [0.717, 1.165) is 39.3 Å². The van der Waals surface area contributed by atoms with Gasteiger partial charge in [0.25, 0.3) is 0 Å². The maximum Gasteiger partial charge on any atom is 0.156 e. The van der Waals surface area contributed by atoms with E-state index in [0.29, 0.717) is 0 Å². The van der Waals surface area contributed by atoms with Gasteiger partial charge < -0.3 is 4.57 Å². The molecule has 0 bridgehead atoms. The summed E-state index contributed by atoms with van der Waals surface area (Å²) in [5, 5.41) is 7.31. The Morgan fingerprint density at radius 1 is 0.429 bits per heavy atom. The summed E-state index contributed by atoms with van der Waals surface area (Å²) in [7, 11) is 0. The van der Waals surface area contributed by atoms with Crippen LogP contribution >= 0.6 is 0 Å². The van der Waals surface area contributed by atoms with Gasteiger partial charge in [-0.1, -0.05) is 109 Å². The van der Waals surface area contributed by atoms with Crippen LogP contribution in [-0.4, -0.2) is 19.1 Å². The van der Waals surface area contributed by atoms with Crippen molar-refractivity contribution < 1.29 is 0 Å². The Bertz CT molecular complexity index is 2430. The quantitative estimate of drug-likeness (QED) is 0.225. The zero-order valence-electron chi connectivity index (χ0n) is 22.6. The van der Waals surface area contributed by atoms with E-state index in [9.17, 15) is 0 Å². The predicted octanol–water partition coefficient (Wildman–Crippen LogP) is 9.49. The van der Waals surface area contributed by atoms with Gasteiger partial charge in [0.15, 0.2) is 5.82 Å². The Morgan fingerprint density at radius 2 is 1.12 bits per heavy atom. The van der Waals surface area contributed by atoms with E-state index in [1.54, 1.807) is 0 Å². The zero-order chi connectivity index (χ0) is 27.6. The SMILES string of the molecule is c1ccc(-c2cnc(-n3c4ccc5ccccc5c4c4ccc5c6ccccc6n(-c6ccccc6)c5c43)cn2)cc1. The lowest BCUT2D eigenvalue weighted by atomic mass is 10.0. The van der Waals surface area contributed by atoms with Crippen molar-refractivity contribution in [3.63, 3.8) is 0 Å². The van der Waals surface area contributed by atoms with Crippen LogP contribution < -0.4 is 0 Å². The Labute approximate surface area is 241 Å². The molecule has 0 aliphatic rings. The lowest BCUT2D eigenvalue weighted by Gasteiger charge is -2.12. The first kappa shape index (κ1) is 23.0. The van der Waals surface area contributed by atoms with Crippen molar-refractivity contribution in [2.24, 2.45) is 0 Å². The van der Waals surface area contributed by atoms with Gasteiger partial charge in [0, 0.05) is 32.8 Å². The lowest BCUT2D eigenvalue weighted by Crippen LogP contribution is -2.01. The van der Waals surface area contributed by atoms with Crippen molar-refractivity contribution in [3.8, 4) is 22.8 Å². The summed E-state index contributed by atoms with van der Waals surface area (Å²) in [4.78, 5) is 9.93. The van der Waals surface area contributed by atoms with E-state index in [-0.39, 0.29) is 0 Å². The maximum absolute atomic E-state index is 5.03. The normalized spacial score (nSPS) is 11.8. The first-order valence-corrected chi connectivity index (χ1v) is 14.2. The smallest absolute Gasteiger partial charge is 0.156 e. The fourth-order valence-electron chi connectivity index (χ4n) is 6.60. The topological polar surface area (TPSA) is 35.6 Å². The molecule has 0 unspecified atom stereocenters. The second-order valence-corrected chi connectivity index (χ2v) is 10.7. The molecular formula is C38H24N4. The van der Waals surface area contributed by atoms with Gasteiger partial charge in [0.05, 0.1) is 40.2 Å². The standard InChI is InChI=1S/C38H24N4/c1-3-12-26(13-4-1)32-23-40-35(24-39-32)42-34-22-19-25-11-7-8-16-28(25)36(34)31-21-20-30-29-17-9-10-18-33(29)41(37(30)38(31)42)27-14-5-2-6-15-27/h1-24H. The van der Waals surface area contributed by atoms with Crippen LogP contribution in [0.5, 0.6) is 0 Å². The van der Waals surface area contributed by atoms with Gasteiger partial charge in [0.1, 0.15) is 0 Å². The fraction of sp³-hybridized carbons (Fsp3) is 0. The van der Waals surface area contributed by atoms with Crippen LogP contribution in [0.2, 0.25) is 0 Å². The highest BCUT2D eigenvalue weighted by atomic mass is 15.1. The molecule has 0 aliphatic heterocycles. The molecule has 0 amide bonds. The number of rotatable bonds is 3. The number of para-hydroxylation sites is 2. The minimum Gasteiger partial charge on any atom is -0.307 e. The van der Waals surface area contributed by atoms with Gasteiger partial charge in [-0.05, 0) is 35.0 Å². The molecular weight excluding hydrogens is 512 g/mol. The molecule has 0 saturated heterocycles. The fourth-order valence-corrected chi connectivity index (χ4v) is 6.60. The molecule has 0 fully saturated rings. The molecule has 0 spiro atoms.